The van der Waals surface area contributed by atoms with Gasteiger partial charge in [-0.2, -0.15) is 0 Å². The molecule has 0 radical (unpaired) electrons. The molecule has 1 fully saturated rings. The van der Waals surface area contributed by atoms with Gasteiger partial charge in [0.15, 0.2) is 21.3 Å². The molecule has 13 heteroatoms. The number of rotatable bonds is 7. The number of amides is 2. The molecule has 42 heavy (non-hydrogen) atoms. The summed E-state index contributed by atoms with van der Waals surface area (Å²) in [6.07, 6.45) is 0. The van der Waals surface area contributed by atoms with Gasteiger partial charge in [0, 0.05) is 43.3 Å². The van der Waals surface area contributed by atoms with Gasteiger partial charge in [0.05, 0.1) is 22.9 Å². The Labute approximate surface area is 247 Å². The molecule has 0 saturated carbocycles. The Hall–Kier alpha value is -3.87. The lowest BCUT2D eigenvalue weighted by molar-refractivity contribution is -0.116. The molecule has 3 aromatic carbocycles. The number of fused-ring (bicyclic) bond motifs is 2. The van der Waals surface area contributed by atoms with E-state index >= 15 is 0 Å². The fourth-order valence-electron chi connectivity index (χ4n) is 5.27. The Kier molecular flexibility index (Phi) is 7.69. The maximum Gasteiger partial charge on any atom is 0.254 e. The van der Waals surface area contributed by atoms with E-state index in [0.29, 0.717) is 43.1 Å². The van der Waals surface area contributed by atoms with Gasteiger partial charge in [-0.15, -0.1) is 0 Å². The van der Waals surface area contributed by atoms with Crippen molar-refractivity contribution in [2.24, 2.45) is 0 Å². The van der Waals surface area contributed by atoms with Crippen LogP contribution in [0.1, 0.15) is 21.5 Å². The highest BCUT2D eigenvalue weighted by Gasteiger charge is 2.32. The molecule has 2 N–H and O–H groups in total. The topological polar surface area (TPSA) is 117 Å². The minimum Gasteiger partial charge on any atom is -0.454 e. The third kappa shape index (κ3) is 6.15. The lowest BCUT2D eigenvalue weighted by atomic mass is 10.1. The molecule has 3 aromatic rings. The molecule has 0 aromatic heterocycles. The Balaban J connectivity index is 1.05. The molecular formula is C29H28ClFN4O6S. The SMILES string of the molecule is O=C1Nc2cc(C(=O)N3CCN(Cc4ccc5c(c4)OCO5)CC3)ccc2NC1CS(=O)(=O)Cc1ccc(F)cc1Cl. The van der Waals surface area contributed by atoms with Crippen molar-refractivity contribution < 1.29 is 31.9 Å². The molecule has 10 nitrogen and oxygen atoms in total. The number of carbonyl (C=O) groups excluding carboxylic acids is 2. The smallest absolute Gasteiger partial charge is 0.254 e. The van der Waals surface area contributed by atoms with Crippen LogP contribution in [-0.4, -0.2) is 74.8 Å². The van der Waals surface area contributed by atoms with Gasteiger partial charge in [0.2, 0.25) is 12.7 Å². The van der Waals surface area contributed by atoms with Crippen LogP contribution >= 0.6 is 11.6 Å². The minimum absolute atomic E-state index is 0.00767. The number of nitrogens with one attached hydrogen (secondary N) is 2. The average molecular weight is 615 g/mol. The molecule has 3 heterocycles. The summed E-state index contributed by atoms with van der Waals surface area (Å²) in [5.74, 6) is -0.653. The summed E-state index contributed by atoms with van der Waals surface area (Å²) >= 11 is 5.99. The first-order chi connectivity index (χ1) is 20.1. The van der Waals surface area contributed by atoms with Crippen molar-refractivity contribution in [3.05, 3.63) is 82.1 Å². The molecule has 2 amide bonds. The van der Waals surface area contributed by atoms with Crippen LogP contribution in [0.3, 0.4) is 0 Å². The maximum absolute atomic E-state index is 13.3. The largest absolute Gasteiger partial charge is 0.454 e. The molecule has 1 atom stereocenters. The van der Waals surface area contributed by atoms with Crippen LogP contribution < -0.4 is 20.1 Å². The number of benzene rings is 3. The van der Waals surface area contributed by atoms with Gasteiger partial charge in [0.1, 0.15) is 11.9 Å². The Morgan fingerprint density at radius 1 is 0.976 bits per heavy atom. The monoisotopic (exact) mass is 614 g/mol. The fraction of sp³-hybridized carbons (Fsp3) is 0.310. The number of piperazine rings is 1. The predicted molar refractivity (Wildman–Crippen MR) is 155 cm³/mol. The number of hydrogen-bond acceptors (Lipinski definition) is 8. The number of anilines is 2. The van der Waals surface area contributed by atoms with Crippen LogP contribution in [0.4, 0.5) is 15.8 Å². The van der Waals surface area contributed by atoms with E-state index in [1.165, 1.54) is 6.07 Å². The van der Waals surface area contributed by atoms with Crippen LogP contribution in [0.25, 0.3) is 0 Å². The first-order valence-corrected chi connectivity index (χ1v) is 15.6. The first kappa shape index (κ1) is 28.3. The number of sulfone groups is 1. The van der Waals surface area contributed by atoms with E-state index in [1.807, 2.05) is 18.2 Å². The summed E-state index contributed by atoms with van der Waals surface area (Å²) in [5.41, 5.74) is 2.72. The van der Waals surface area contributed by atoms with Crippen LogP contribution in [-0.2, 0) is 26.9 Å². The molecule has 1 unspecified atom stereocenters. The van der Waals surface area contributed by atoms with Gasteiger partial charge < -0.3 is 25.0 Å². The number of ether oxygens (including phenoxy) is 2. The summed E-state index contributed by atoms with van der Waals surface area (Å²) < 4.78 is 49.8. The standard InChI is InChI=1S/C29H28ClFN4O6S/c30-22-13-21(31)4-2-20(22)15-42(38,39)16-25-28(36)33-24-12-19(3-5-23(24)32-25)29(37)35-9-7-34(8-10-35)14-18-1-6-26-27(11-18)41-17-40-26/h1-6,11-13,25,32H,7-10,14-17H2,(H,33,36). The van der Waals surface area contributed by atoms with Gasteiger partial charge >= 0.3 is 0 Å². The number of nitrogens with zero attached hydrogens (tertiary/aromatic N) is 2. The third-order valence-electron chi connectivity index (χ3n) is 7.48. The Morgan fingerprint density at radius 2 is 1.76 bits per heavy atom. The van der Waals surface area contributed by atoms with Crippen molar-refractivity contribution in [3.8, 4) is 11.5 Å². The van der Waals surface area contributed by atoms with Crippen LogP contribution in [0, 0.1) is 5.82 Å². The van der Waals surface area contributed by atoms with Gasteiger partial charge in [0.25, 0.3) is 5.91 Å². The van der Waals surface area contributed by atoms with E-state index < -0.39 is 39.1 Å². The highest BCUT2D eigenvalue weighted by molar-refractivity contribution is 7.90. The van der Waals surface area contributed by atoms with Crippen molar-refractivity contribution in [2.45, 2.75) is 18.3 Å². The van der Waals surface area contributed by atoms with E-state index in [1.54, 1.807) is 23.1 Å². The molecule has 0 spiro atoms. The first-order valence-electron chi connectivity index (χ1n) is 13.4. The van der Waals surface area contributed by atoms with E-state index in [4.69, 9.17) is 21.1 Å². The summed E-state index contributed by atoms with van der Waals surface area (Å²) in [5, 5.41) is 5.70. The fourth-order valence-corrected chi connectivity index (χ4v) is 7.17. The van der Waals surface area contributed by atoms with Crippen molar-refractivity contribution in [2.75, 3.05) is 49.4 Å². The molecule has 220 valence electrons. The second-order valence-corrected chi connectivity index (χ2v) is 13.0. The number of carbonyl (C=O) groups is 2. The van der Waals surface area contributed by atoms with Crippen LogP contribution in [0.5, 0.6) is 11.5 Å². The Morgan fingerprint density at radius 3 is 2.55 bits per heavy atom. The van der Waals surface area contributed by atoms with Crippen molar-refractivity contribution in [3.63, 3.8) is 0 Å². The molecule has 3 aliphatic rings. The van der Waals surface area contributed by atoms with Crippen LogP contribution in [0.2, 0.25) is 5.02 Å². The van der Waals surface area contributed by atoms with Crippen molar-refractivity contribution in [1.29, 1.82) is 0 Å². The van der Waals surface area contributed by atoms with Crippen molar-refractivity contribution in [1.82, 2.24) is 9.80 Å². The van der Waals surface area contributed by atoms with E-state index in [-0.39, 0.29) is 23.3 Å². The van der Waals surface area contributed by atoms with Gasteiger partial charge in [-0.3, -0.25) is 14.5 Å². The Bertz CT molecular complexity index is 1660. The zero-order chi connectivity index (χ0) is 29.4. The van der Waals surface area contributed by atoms with E-state index in [0.717, 1.165) is 35.7 Å². The highest BCUT2D eigenvalue weighted by Crippen LogP contribution is 2.33. The molecule has 3 aliphatic heterocycles. The lowest BCUT2D eigenvalue weighted by Gasteiger charge is -2.35. The van der Waals surface area contributed by atoms with E-state index in [2.05, 4.69) is 15.5 Å². The summed E-state index contributed by atoms with van der Waals surface area (Å²) in [7, 11) is -3.78. The second-order valence-electron chi connectivity index (χ2n) is 10.5. The zero-order valence-electron chi connectivity index (χ0n) is 22.4. The average Bonchev–Trinajstić information content (AvgIpc) is 3.43. The third-order valence-corrected chi connectivity index (χ3v) is 9.43. The summed E-state index contributed by atoms with van der Waals surface area (Å²) in [4.78, 5) is 30.1. The van der Waals surface area contributed by atoms with Gasteiger partial charge in [-0.25, -0.2) is 12.8 Å². The van der Waals surface area contributed by atoms with Crippen LogP contribution in [0.15, 0.2) is 54.6 Å². The molecular weight excluding hydrogens is 587 g/mol. The molecule has 0 bridgehead atoms. The molecule has 0 aliphatic carbocycles. The number of hydrogen-bond donors (Lipinski definition) is 2. The summed E-state index contributed by atoms with van der Waals surface area (Å²) in [6, 6.07) is 13.3. The summed E-state index contributed by atoms with van der Waals surface area (Å²) in [6.45, 7) is 3.51. The lowest BCUT2D eigenvalue weighted by Crippen LogP contribution is -2.48. The zero-order valence-corrected chi connectivity index (χ0v) is 24.0. The molecule has 1 saturated heterocycles. The highest BCUT2D eigenvalue weighted by atomic mass is 35.5. The van der Waals surface area contributed by atoms with Gasteiger partial charge in [-0.05, 0) is 53.6 Å². The quantitative estimate of drug-likeness (QED) is 0.415. The second kappa shape index (κ2) is 11.4. The normalized spacial score (nSPS) is 18.3. The van der Waals surface area contributed by atoms with Gasteiger partial charge in [-0.1, -0.05) is 23.7 Å². The minimum atomic E-state index is -3.78. The number of halogens is 2. The predicted octanol–water partition coefficient (Wildman–Crippen LogP) is 3.51. The van der Waals surface area contributed by atoms with E-state index in [9.17, 15) is 22.4 Å². The van der Waals surface area contributed by atoms with Crippen molar-refractivity contribution >= 4 is 44.6 Å². The molecule has 6 rings (SSSR count). The maximum atomic E-state index is 13.3.